The van der Waals surface area contributed by atoms with Crippen molar-refractivity contribution in [3.63, 3.8) is 0 Å². The van der Waals surface area contributed by atoms with E-state index in [-0.39, 0.29) is 6.29 Å². The van der Waals surface area contributed by atoms with Crippen LogP contribution in [-0.4, -0.2) is 19.5 Å². The Morgan fingerprint density at radius 3 is 1.67 bits per heavy atom. The van der Waals surface area contributed by atoms with E-state index >= 15 is 0 Å². The first-order valence-corrected chi connectivity index (χ1v) is 5.08. The fraction of sp³-hybridized carbons (Fsp3) is 0.538. The van der Waals surface area contributed by atoms with Crippen molar-refractivity contribution < 1.29 is 9.47 Å². The Morgan fingerprint density at radius 2 is 1.40 bits per heavy atom. The maximum atomic E-state index is 5.53. The van der Waals surface area contributed by atoms with Gasteiger partial charge in [0.25, 0.3) is 0 Å². The minimum absolute atomic E-state index is 0.302. The molecule has 0 aliphatic rings. The van der Waals surface area contributed by atoms with E-state index in [4.69, 9.17) is 9.47 Å². The van der Waals surface area contributed by atoms with E-state index in [1.54, 1.807) is 0 Å². The molecule has 0 atom stereocenters. The molecule has 0 saturated carbocycles. The third kappa shape index (κ3) is 9.44. The van der Waals surface area contributed by atoms with Gasteiger partial charge in [-0.05, 0) is 33.8 Å². The second-order valence-electron chi connectivity index (χ2n) is 4.15. The van der Waals surface area contributed by atoms with Gasteiger partial charge in [0.15, 0.2) is 6.29 Å². The van der Waals surface area contributed by atoms with Crippen LogP contribution in [0.1, 0.15) is 27.7 Å². The van der Waals surface area contributed by atoms with Crippen LogP contribution in [-0.2, 0) is 9.47 Å². The number of ether oxygens (including phenoxy) is 2. The highest BCUT2D eigenvalue weighted by atomic mass is 16.7. The molecule has 86 valence electrons. The van der Waals surface area contributed by atoms with Crippen LogP contribution in [0.5, 0.6) is 0 Å². The van der Waals surface area contributed by atoms with Crippen LogP contribution in [0.15, 0.2) is 36.0 Å². The van der Waals surface area contributed by atoms with Gasteiger partial charge in [-0.25, -0.2) is 0 Å². The summed E-state index contributed by atoms with van der Waals surface area (Å²) in [5.74, 6) is 0. The normalized spacial score (nSPS) is 10.2. The van der Waals surface area contributed by atoms with Gasteiger partial charge in [-0.15, -0.1) is 0 Å². The highest BCUT2D eigenvalue weighted by Crippen LogP contribution is 2.05. The molecule has 0 aromatic heterocycles. The molecule has 0 spiro atoms. The van der Waals surface area contributed by atoms with E-state index in [0.717, 1.165) is 11.1 Å². The quantitative estimate of drug-likeness (QED) is 0.473. The molecule has 0 amide bonds. The molecule has 0 saturated heterocycles. The molecule has 15 heavy (non-hydrogen) atoms. The first kappa shape index (κ1) is 14.1. The summed E-state index contributed by atoms with van der Waals surface area (Å²) in [4.78, 5) is 0. The van der Waals surface area contributed by atoms with Crippen molar-refractivity contribution in [1.82, 2.24) is 0 Å². The van der Waals surface area contributed by atoms with Crippen molar-refractivity contribution in [2.45, 2.75) is 34.0 Å². The van der Waals surface area contributed by atoms with E-state index in [0.29, 0.717) is 13.2 Å². The summed E-state index contributed by atoms with van der Waals surface area (Å²) in [5, 5.41) is 0. The topological polar surface area (TPSA) is 18.5 Å². The van der Waals surface area contributed by atoms with Crippen molar-refractivity contribution in [1.29, 1.82) is 0 Å². The molecular formula is C13H22O2. The van der Waals surface area contributed by atoms with Gasteiger partial charge in [-0.1, -0.05) is 29.9 Å². The van der Waals surface area contributed by atoms with E-state index in [1.165, 1.54) is 5.57 Å². The number of allylic oxidation sites excluding steroid dienone is 1. The fourth-order valence-corrected chi connectivity index (χ4v) is 0.865. The lowest BCUT2D eigenvalue weighted by atomic mass is 10.3. The summed E-state index contributed by atoms with van der Waals surface area (Å²) >= 11 is 0. The summed E-state index contributed by atoms with van der Waals surface area (Å²) < 4.78 is 11.1. The summed E-state index contributed by atoms with van der Waals surface area (Å²) in [6, 6.07) is 0. The summed E-state index contributed by atoms with van der Waals surface area (Å²) in [6.45, 7) is 16.5. The minimum atomic E-state index is -0.302. The second kappa shape index (κ2) is 7.43. The molecular weight excluding hydrogens is 188 g/mol. The predicted octanol–water partition coefficient (Wildman–Crippen LogP) is 3.46. The Bertz CT molecular complexity index is 229. The molecule has 0 radical (unpaired) electrons. The zero-order valence-electron chi connectivity index (χ0n) is 10.3. The molecule has 0 aliphatic heterocycles. The van der Waals surface area contributed by atoms with Gasteiger partial charge >= 0.3 is 0 Å². The number of hydrogen-bond donors (Lipinski definition) is 0. The third-order valence-corrected chi connectivity index (χ3v) is 1.46. The van der Waals surface area contributed by atoms with E-state index < -0.39 is 0 Å². The smallest absolute Gasteiger partial charge is 0.177 e. The van der Waals surface area contributed by atoms with Crippen molar-refractivity contribution >= 4 is 0 Å². The summed E-state index contributed by atoms with van der Waals surface area (Å²) in [6.07, 6.45) is 1.65. The Balaban J connectivity index is 4.12. The highest BCUT2D eigenvalue weighted by molar-refractivity contribution is 4.98. The minimum Gasteiger partial charge on any atom is -0.345 e. The predicted molar refractivity (Wildman–Crippen MR) is 64.8 cm³/mol. The first-order chi connectivity index (χ1) is 6.91. The summed E-state index contributed by atoms with van der Waals surface area (Å²) in [7, 11) is 0. The van der Waals surface area contributed by atoms with Gasteiger partial charge < -0.3 is 9.47 Å². The average Bonchev–Trinajstić information content (AvgIpc) is 2.08. The first-order valence-electron chi connectivity index (χ1n) is 5.08. The zero-order chi connectivity index (χ0) is 11.8. The van der Waals surface area contributed by atoms with Gasteiger partial charge in [-0.3, -0.25) is 0 Å². The second-order valence-corrected chi connectivity index (χ2v) is 4.15. The number of rotatable bonds is 7. The molecule has 0 aromatic carbocycles. The maximum absolute atomic E-state index is 5.53. The van der Waals surface area contributed by atoms with Crippen LogP contribution >= 0.6 is 0 Å². The fourth-order valence-electron chi connectivity index (χ4n) is 0.865. The van der Waals surface area contributed by atoms with Gasteiger partial charge in [-0.2, -0.15) is 0 Å². The van der Waals surface area contributed by atoms with E-state index in [9.17, 15) is 0 Å². The zero-order valence-corrected chi connectivity index (χ0v) is 10.3. The molecule has 0 N–H and O–H groups in total. The molecule has 2 nitrogen and oxygen atoms in total. The Morgan fingerprint density at radius 1 is 1.00 bits per heavy atom. The van der Waals surface area contributed by atoms with Gasteiger partial charge in [0.1, 0.15) is 0 Å². The standard InChI is InChI=1S/C13H22O2/c1-10(2)7-13(14-8-11(3)4)15-9-12(5)6/h7,13H,3,5,8-9H2,1-2,4,6H3. The highest BCUT2D eigenvalue weighted by Gasteiger charge is 2.05. The Hall–Kier alpha value is -0.860. The van der Waals surface area contributed by atoms with Gasteiger partial charge in [0.05, 0.1) is 13.2 Å². The monoisotopic (exact) mass is 210 g/mol. The van der Waals surface area contributed by atoms with Crippen LogP contribution < -0.4 is 0 Å². The SMILES string of the molecule is C=C(C)COC(C=C(C)C)OCC(=C)C. The molecule has 0 heterocycles. The molecule has 0 aromatic rings. The van der Waals surface area contributed by atoms with Gasteiger partial charge in [0, 0.05) is 0 Å². The lowest BCUT2D eigenvalue weighted by molar-refractivity contribution is -0.0975. The molecule has 2 heteroatoms. The van der Waals surface area contributed by atoms with Crippen LogP contribution in [0.25, 0.3) is 0 Å². The van der Waals surface area contributed by atoms with Crippen LogP contribution in [0.3, 0.4) is 0 Å². The lowest BCUT2D eigenvalue weighted by Crippen LogP contribution is -2.17. The van der Waals surface area contributed by atoms with Gasteiger partial charge in [0.2, 0.25) is 0 Å². The summed E-state index contributed by atoms with van der Waals surface area (Å²) in [5.41, 5.74) is 3.14. The lowest BCUT2D eigenvalue weighted by Gasteiger charge is -2.16. The molecule has 0 unspecified atom stereocenters. The molecule has 0 rings (SSSR count). The van der Waals surface area contributed by atoms with E-state index in [2.05, 4.69) is 13.2 Å². The van der Waals surface area contributed by atoms with Crippen LogP contribution in [0.2, 0.25) is 0 Å². The van der Waals surface area contributed by atoms with Crippen molar-refractivity contribution in [2.75, 3.05) is 13.2 Å². The van der Waals surface area contributed by atoms with E-state index in [1.807, 2.05) is 33.8 Å². The van der Waals surface area contributed by atoms with Crippen LogP contribution in [0.4, 0.5) is 0 Å². The Labute approximate surface area is 93.3 Å². The molecule has 0 fully saturated rings. The van der Waals surface area contributed by atoms with Crippen molar-refractivity contribution in [3.8, 4) is 0 Å². The van der Waals surface area contributed by atoms with Crippen molar-refractivity contribution in [2.24, 2.45) is 0 Å². The maximum Gasteiger partial charge on any atom is 0.177 e. The average molecular weight is 210 g/mol. The third-order valence-electron chi connectivity index (χ3n) is 1.46. The van der Waals surface area contributed by atoms with Crippen molar-refractivity contribution in [3.05, 3.63) is 36.0 Å². The van der Waals surface area contributed by atoms with Crippen LogP contribution in [0, 0.1) is 0 Å². The molecule has 0 aliphatic carbocycles. The largest absolute Gasteiger partial charge is 0.345 e. The number of hydrogen-bond acceptors (Lipinski definition) is 2. The molecule has 0 bridgehead atoms. The Kier molecular flexibility index (Phi) is 7.01.